The van der Waals surface area contributed by atoms with Crippen molar-refractivity contribution in [3.8, 4) is 0 Å². The average molecular weight is 324 g/mol. The SMILES string of the molecule is CC(C)(C)[Si]OC(C)(C)c1cc(CNC2CC2)ccc1Cl. The maximum absolute atomic E-state index is 6.41. The van der Waals surface area contributed by atoms with Crippen LogP contribution in [-0.2, 0) is 16.6 Å². The molecule has 1 aromatic rings. The molecule has 0 atom stereocenters. The van der Waals surface area contributed by atoms with E-state index in [1.165, 1.54) is 18.4 Å². The van der Waals surface area contributed by atoms with Gasteiger partial charge in [0.25, 0.3) is 0 Å². The first-order valence-electron chi connectivity index (χ1n) is 7.65. The Hall–Kier alpha value is -0.353. The zero-order chi connectivity index (χ0) is 15.7. The van der Waals surface area contributed by atoms with Gasteiger partial charge in [-0.1, -0.05) is 44.5 Å². The van der Waals surface area contributed by atoms with Crippen LogP contribution in [0.25, 0.3) is 0 Å². The average Bonchev–Trinajstić information content (AvgIpc) is 3.19. The van der Waals surface area contributed by atoms with Crippen LogP contribution in [0.15, 0.2) is 18.2 Å². The fourth-order valence-corrected chi connectivity index (χ4v) is 3.05. The summed E-state index contributed by atoms with van der Waals surface area (Å²) in [6.45, 7) is 11.7. The maximum atomic E-state index is 6.41. The van der Waals surface area contributed by atoms with Gasteiger partial charge in [-0.15, -0.1) is 0 Å². The van der Waals surface area contributed by atoms with E-state index in [0.29, 0.717) is 9.76 Å². The van der Waals surface area contributed by atoms with E-state index in [-0.39, 0.29) is 10.6 Å². The number of halogens is 1. The monoisotopic (exact) mass is 323 g/mol. The van der Waals surface area contributed by atoms with Crippen LogP contribution in [0.3, 0.4) is 0 Å². The van der Waals surface area contributed by atoms with Crippen molar-refractivity contribution >= 4 is 21.4 Å². The van der Waals surface area contributed by atoms with E-state index in [1.807, 2.05) is 6.07 Å². The van der Waals surface area contributed by atoms with Crippen LogP contribution in [0.2, 0.25) is 10.1 Å². The second kappa shape index (κ2) is 6.41. The highest BCUT2D eigenvalue weighted by molar-refractivity contribution is 6.32. The summed E-state index contributed by atoms with van der Waals surface area (Å²) in [5.41, 5.74) is 1.99. The molecule has 2 radical (unpaired) electrons. The van der Waals surface area contributed by atoms with Crippen molar-refractivity contribution < 1.29 is 4.43 Å². The molecule has 1 N–H and O–H groups in total. The molecule has 0 aromatic heterocycles. The van der Waals surface area contributed by atoms with E-state index < -0.39 is 0 Å². The van der Waals surface area contributed by atoms with Gasteiger partial charge >= 0.3 is 0 Å². The first kappa shape index (κ1) is 17.0. The Kier molecular flexibility index (Phi) is 5.19. The molecule has 2 nitrogen and oxygen atoms in total. The van der Waals surface area contributed by atoms with E-state index in [9.17, 15) is 0 Å². The number of nitrogens with one attached hydrogen (secondary N) is 1. The van der Waals surface area contributed by atoms with Crippen molar-refractivity contribution in [2.75, 3.05) is 0 Å². The molecule has 0 spiro atoms. The van der Waals surface area contributed by atoms with Gasteiger partial charge in [-0.05, 0) is 43.4 Å². The standard InChI is InChI=1S/C17H26ClNOSi/c1-16(2,3)21-20-17(4,5)14-10-12(6-9-15(14)18)11-19-13-7-8-13/h6,9-10,13,19H,7-8,11H2,1-5H3. The molecule has 0 unspecified atom stereocenters. The minimum absolute atomic E-state index is 0.175. The fraction of sp³-hybridized carbons (Fsp3) is 0.647. The van der Waals surface area contributed by atoms with Crippen molar-refractivity contribution in [2.45, 2.75) is 70.7 Å². The van der Waals surface area contributed by atoms with Crippen molar-refractivity contribution in [2.24, 2.45) is 0 Å². The van der Waals surface area contributed by atoms with Gasteiger partial charge < -0.3 is 9.74 Å². The third-order valence-corrected chi connectivity index (χ3v) is 5.02. The lowest BCUT2D eigenvalue weighted by atomic mass is 9.96. The largest absolute Gasteiger partial charge is 0.408 e. The van der Waals surface area contributed by atoms with E-state index in [2.05, 4.69) is 52.1 Å². The molecule has 2 rings (SSSR count). The zero-order valence-corrected chi connectivity index (χ0v) is 15.5. The maximum Gasteiger partial charge on any atom is 0.236 e. The molecule has 1 saturated carbocycles. The smallest absolute Gasteiger partial charge is 0.236 e. The summed E-state index contributed by atoms with van der Waals surface area (Å²) in [5, 5.41) is 4.51. The Morgan fingerprint density at radius 2 is 1.90 bits per heavy atom. The summed E-state index contributed by atoms with van der Waals surface area (Å²) in [7, 11) is 0.444. The zero-order valence-electron chi connectivity index (χ0n) is 13.7. The Labute approximate surface area is 136 Å². The van der Waals surface area contributed by atoms with Gasteiger partial charge in [0, 0.05) is 23.2 Å². The lowest BCUT2D eigenvalue weighted by Gasteiger charge is -2.30. The van der Waals surface area contributed by atoms with Gasteiger partial charge in [0.15, 0.2) is 0 Å². The number of benzene rings is 1. The predicted octanol–water partition coefficient (Wildman–Crippen LogP) is 4.68. The van der Waals surface area contributed by atoms with Gasteiger partial charge in [0.2, 0.25) is 9.76 Å². The van der Waals surface area contributed by atoms with Crippen LogP contribution in [0, 0.1) is 0 Å². The summed E-state index contributed by atoms with van der Waals surface area (Å²) in [5.74, 6) is 0. The van der Waals surface area contributed by atoms with Crippen molar-refractivity contribution in [3.63, 3.8) is 0 Å². The first-order chi connectivity index (χ1) is 9.67. The Morgan fingerprint density at radius 3 is 2.48 bits per heavy atom. The topological polar surface area (TPSA) is 21.3 Å². The summed E-state index contributed by atoms with van der Waals surface area (Å²) >= 11 is 6.41. The van der Waals surface area contributed by atoms with E-state index in [4.69, 9.17) is 16.0 Å². The molecular weight excluding hydrogens is 298 g/mol. The van der Waals surface area contributed by atoms with Crippen molar-refractivity contribution in [1.29, 1.82) is 0 Å². The Bertz CT molecular complexity index is 492. The summed E-state index contributed by atoms with van der Waals surface area (Å²) in [4.78, 5) is 0. The van der Waals surface area contributed by atoms with Crippen LogP contribution in [0.1, 0.15) is 58.6 Å². The predicted molar refractivity (Wildman–Crippen MR) is 90.9 cm³/mol. The van der Waals surface area contributed by atoms with Crippen LogP contribution in [0.5, 0.6) is 0 Å². The van der Waals surface area contributed by atoms with Crippen LogP contribution in [0.4, 0.5) is 0 Å². The fourth-order valence-electron chi connectivity index (χ4n) is 2.03. The normalized spacial score (nSPS) is 16.3. The van der Waals surface area contributed by atoms with Gasteiger partial charge in [-0.3, -0.25) is 0 Å². The highest BCUT2D eigenvalue weighted by atomic mass is 35.5. The second-order valence-corrected chi connectivity index (χ2v) is 9.75. The number of hydrogen-bond acceptors (Lipinski definition) is 2. The third-order valence-electron chi connectivity index (χ3n) is 3.46. The molecule has 4 heteroatoms. The van der Waals surface area contributed by atoms with Crippen molar-refractivity contribution in [3.05, 3.63) is 34.3 Å². The van der Waals surface area contributed by atoms with Gasteiger partial charge in [-0.25, -0.2) is 0 Å². The van der Waals surface area contributed by atoms with Crippen molar-refractivity contribution in [1.82, 2.24) is 5.32 Å². The third kappa shape index (κ3) is 5.40. The molecule has 0 aliphatic heterocycles. The summed E-state index contributed by atoms with van der Waals surface area (Å²) in [6, 6.07) is 7.00. The van der Waals surface area contributed by atoms with E-state index >= 15 is 0 Å². The summed E-state index contributed by atoms with van der Waals surface area (Å²) in [6.07, 6.45) is 2.61. The van der Waals surface area contributed by atoms with Gasteiger partial charge in [0.1, 0.15) is 0 Å². The van der Waals surface area contributed by atoms with Gasteiger partial charge in [-0.2, -0.15) is 0 Å². The Balaban J connectivity index is 2.09. The summed E-state index contributed by atoms with van der Waals surface area (Å²) < 4.78 is 6.18. The van der Waals surface area contributed by atoms with Gasteiger partial charge in [0.05, 0.1) is 5.60 Å². The molecule has 1 aromatic carbocycles. The second-order valence-electron chi connectivity index (χ2n) is 7.43. The molecular formula is C17H26ClNOSi. The molecule has 1 aliphatic rings. The van der Waals surface area contributed by atoms with Crippen LogP contribution in [-0.4, -0.2) is 15.8 Å². The minimum Gasteiger partial charge on any atom is -0.408 e. The molecule has 0 saturated heterocycles. The highest BCUT2D eigenvalue weighted by Crippen LogP contribution is 2.34. The number of hydrogen-bond donors (Lipinski definition) is 1. The highest BCUT2D eigenvalue weighted by Gasteiger charge is 2.28. The van der Waals surface area contributed by atoms with E-state index in [1.54, 1.807) is 0 Å². The minimum atomic E-state index is -0.363. The molecule has 21 heavy (non-hydrogen) atoms. The molecule has 0 heterocycles. The molecule has 116 valence electrons. The Morgan fingerprint density at radius 1 is 1.24 bits per heavy atom. The first-order valence-corrected chi connectivity index (χ1v) is 8.93. The van der Waals surface area contributed by atoms with E-state index in [0.717, 1.165) is 23.2 Å². The quantitative estimate of drug-likeness (QED) is 0.767. The lowest BCUT2D eigenvalue weighted by molar-refractivity contribution is 0.109. The molecule has 0 bridgehead atoms. The molecule has 1 fully saturated rings. The van der Waals surface area contributed by atoms with Crippen LogP contribution < -0.4 is 5.32 Å². The lowest BCUT2D eigenvalue weighted by Crippen LogP contribution is -2.28. The molecule has 0 amide bonds. The van der Waals surface area contributed by atoms with Crippen LogP contribution >= 0.6 is 11.6 Å². The molecule has 1 aliphatic carbocycles. The number of rotatable bonds is 6.